The highest BCUT2D eigenvalue weighted by Gasteiger charge is 1.97. The Kier molecular flexibility index (Phi) is 2.22. The van der Waals surface area contributed by atoms with E-state index in [1.54, 1.807) is 26.4 Å². The first-order valence-corrected chi connectivity index (χ1v) is 3.23. The number of nitrogens with one attached hydrogen (secondary N) is 1. The smallest absolute Gasteiger partial charge is 0.224 e. The summed E-state index contributed by atoms with van der Waals surface area (Å²) in [5, 5.41) is 4.25. The van der Waals surface area contributed by atoms with Gasteiger partial charge in [-0.2, -0.15) is 4.98 Å². The molecule has 60 valence electrons. The molecule has 0 unspecified atom stereocenters. The molecule has 0 aliphatic carbocycles. The van der Waals surface area contributed by atoms with Gasteiger partial charge in [-0.25, -0.2) is 10.8 Å². The van der Waals surface area contributed by atoms with Gasteiger partial charge in [0.1, 0.15) is 5.82 Å². The van der Waals surface area contributed by atoms with E-state index in [0.29, 0.717) is 11.8 Å². The summed E-state index contributed by atoms with van der Waals surface area (Å²) >= 11 is 0. The lowest BCUT2D eigenvalue weighted by atomic mass is 10.6. The van der Waals surface area contributed by atoms with Gasteiger partial charge in [0.15, 0.2) is 0 Å². The number of rotatable bonds is 2. The summed E-state index contributed by atoms with van der Waals surface area (Å²) < 4.78 is 0. The van der Waals surface area contributed by atoms with E-state index in [9.17, 15) is 0 Å². The van der Waals surface area contributed by atoms with Crippen LogP contribution in [0.25, 0.3) is 0 Å². The SMILES string of the molecule is CNc1nccc(N(C)N)n1. The Morgan fingerprint density at radius 2 is 2.36 bits per heavy atom. The number of hydrazine groups is 1. The molecule has 0 aliphatic rings. The average molecular weight is 153 g/mol. The summed E-state index contributed by atoms with van der Waals surface area (Å²) in [6, 6.07) is 1.74. The van der Waals surface area contributed by atoms with Gasteiger partial charge in [-0.1, -0.05) is 0 Å². The number of nitrogens with two attached hydrogens (primary N) is 1. The fourth-order valence-electron chi connectivity index (χ4n) is 0.666. The van der Waals surface area contributed by atoms with Crippen molar-refractivity contribution in [3.05, 3.63) is 12.3 Å². The Morgan fingerprint density at radius 1 is 1.64 bits per heavy atom. The van der Waals surface area contributed by atoms with E-state index in [-0.39, 0.29) is 0 Å². The predicted molar refractivity (Wildman–Crippen MR) is 44.2 cm³/mol. The first-order chi connectivity index (χ1) is 5.24. The van der Waals surface area contributed by atoms with Crippen LogP contribution >= 0.6 is 0 Å². The van der Waals surface area contributed by atoms with Crippen LogP contribution in [0.3, 0.4) is 0 Å². The molecule has 5 nitrogen and oxygen atoms in total. The molecular formula is C6H11N5. The molecule has 3 N–H and O–H groups in total. The first kappa shape index (κ1) is 7.74. The van der Waals surface area contributed by atoms with Gasteiger partial charge in [0, 0.05) is 26.4 Å². The van der Waals surface area contributed by atoms with Gasteiger partial charge in [-0.05, 0) is 0 Å². The molecule has 1 aromatic heterocycles. The van der Waals surface area contributed by atoms with Crippen LogP contribution in [-0.4, -0.2) is 24.1 Å². The van der Waals surface area contributed by atoms with Crippen molar-refractivity contribution in [2.45, 2.75) is 0 Å². The molecule has 0 saturated carbocycles. The van der Waals surface area contributed by atoms with Crippen molar-refractivity contribution in [3.63, 3.8) is 0 Å². The van der Waals surface area contributed by atoms with Crippen molar-refractivity contribution in [2.75, 3.05) is 24.4 Å². The number of nitrogens with zero attached hydrogens (tertiary/aromatic N) is 3. The highest BCUT2D eigenvalue weighted by molar-refractivity contribution is 5.39. The Hall–Kier alpha value is -1.36. The van der Waals surface area contributed by atoms with E-state index >= 15 is 0 Å². The molecule has 0 saturated heterocycles. The van der Waals surface area contributed by atoms with Crippen molar-refractivity contribution in [1.29, 1.82) is 0 Å². The maximum atomic E-state index is 5.45. The fraction of sp³-hybridized carbons (Fsp3) is 0.333. The van der Waals surface area contributed by atoms with Crippen LogP contribution in [0.5, 0.6) is 0 Å². The Morgan fingerprint density at radius 3 is 2.91 bits per heavy atom. The molecule has 0 spiro atoms. The third-order valence-electron chi connectivity index (χ3n) is 1.23. The standard InChI is InChI=1S/C6H11N5/c1-8-6-9-4-3-5(10-6)11(2)7/h3-4H,7H2,1-2H3,(H,8,9,10). The topological polar surface area (TPSA) is 67.1 Å². The van der Waals surface area contributed by atoms with Crippen LogP contribution in [-0.2, 0) is 0 Å². The zero-order valence-electron chi connectivity index (χ0n) is 6.57. The van der Waals surface area contributed by atoms with Gasteiger partial charge >= 0.3 is 0 Å². The van der Waals surface area contributed by atoms with E-state index in [0.717, 1.165) is 0 Å². The van der Waals surface area contributed by atoms with Gasteiger partial charge in [0.25, 0.3) is 0 Å². The molecule has 0 fully saturated rings. The molecule has 11 heavy (non-hydrogen) atoms. The molecule has 0 bridgehead atoms. The summed E-state index contributed by atoms with van der Waals surface area (Å²) in [6.07, 6.45) is 1.65. The second kappa shape index (κ2) is 3.16. The van der Waals surface area contributed by atoms with Crippen molar-refractivity contribution in [3.8, 4) is 0 Å². The number of hydrogen-bond donors (Lipinski definition) is 2. The summed E-state index contributed by atoms with van der Waals surface area (Å²) in [6.45, 7) is 0. The number of anilines is 2. The van der Waals surface area contributed by atoms with Crippen molar-refractivity contribution < 1.29 is 0 Å². The fourth-order valence-corrected chi connectivity index (χ4v) is 0.666. The van der Waals surface area contributed by atoms with Gasteiger partial charge in [-0.3, -0.25) is 5.01 Å². The number of hydrogen-bond acceptors (Lipinski definition) is 5. The zero-order chi connectivity index (χ0) is 8.27. The normalized spacial score (nSPS) is 9.36. The molecule has 5 heteroatoms. The molecule has 0 aromatic carbocycles. The maximum Gasteiger partial charge on any atom is 0.224 e. The van der Waals surface area contributed by atoms with Gasteiger partial charge < -0.3 is 5.32 Å². The van der Waals surface area contributed by atoms with Crippen LogP contribution < -0.4 is 16.2 Å². The van der Waals surface area contributed by atoms with Gasteiger partial charge in [0.2, 0.25) is 5.95 Å². The van der Waals surface area contributed by atoms with Crippen LogP contribution in [0.2, 0.25) is 0 Å². The van der Waals surface area contributed by atoms with E-state index < -0.39 is 0 Å². The van der Waals surface area contributed by atoms with Crippen LogP contribution in [0.4, 0.5) is 11.8 Å². The summed E-state index contributed by atoms with van der Waals surface area (Å²) in [4.78, 5) is 8.01. The Balaban J connectivity index is 2.91. The van der Waals surface area contributed by atoms with E-state index in [1.807, 2.05) is 0 Å². The van der Waals surface area contributed by atoms with Crippen molar-refractivity contribution in [2.24, 2.45) is 5.84 Å². The monoisotopic (exact) mass is 153 g/mol. The summed E-state index contributed by atoms with van der Waals surface area (Å²) in [5.41, 5.74) is 0. The largest absolute Gasteiger partial charge is 0.357 e. The van der Waals surface area contributed by atoms with E-state index in [2.05, 4.69) is 15.3 Å². The molecule has 0 atom stereocenters. The van der Waals surface area contributed by atoms with Crippen LogP contribution in [0.1, 0.15) is 0 Å². The lowest BCUT2D eigenvalue weighted by Gasteiger charge is -2.10. The van der Waals surface area contributed by atoms with Crippen molar-refractivity contribution in [1.82, 2.24) is 9.97 Å². The van der Waals surface area contributed by atoms with E-state index in [4.69, 9.17) is 5.84 Å². The summed E-state index contributed by atoms with van der Waals surface area (Å²) in [7, 11) is 3.48. The molecular weight excluding hydrogens is 142 g/mol. The molecule has 0 radical (unpaired) electrons. The lowest BCUT2D eigenvalue weighted by molar-refractivity contribution is 0.964. The minimum absolute atomic E-state index is 0.569. The predicted octanol–water partition coefficient (Wildman–Crippen LogP) is -0.172. The Labute approximate surface area is 65.2 Å². The molecule has 1 heterocycles. The highest BCUT2D eigenvalue weighted by atomic mass is 15.4. The molecule has 1 rings (SSSR count). The molecule has 0 amide bonds. The number of aromatic nitrogens is 2. The van der Waals surface area contributed by atoms with Crippen LogP contribution in [0, 0.1) is 0 Å². The lowest BCUT2D eigenvalue weighted by Crippen LogP contribution is -2.26. The quantitative estimate of drug-likeness (QED) is 0.456. The second-order valence-corrected chi connectivity index (χ2v) is 2.10. The van der Waals surface area contributed by atoms with E-state index in [1.165, 1.54) is 5.01 Å². The van der Waals surface area contributed by atoms with Crippen LogP contribution in [0.15, 0.2) is 12.3 Å². The maximum absolute atomic E-state index is 5.45. The van der Waals surface area contributed by atoms with Crippen molar-refractivity contribution >= 4 is 11.8 Å². The van der Waals surface area contributed by atoms with Gasteiger partial charge in [0.05, 0.1) is 0 Å². The summed E-state index contributed by atoms with van der Waals surface area (Å²) in [5.74, 6) is 6.71. The second-order valence-electron chi connectivity index (χ2n) is 2.10. The minimum atomic E-state index is 0.569. The zero-order valence-corrected chi connectivity index (χ0v) is 6.57. The third kappa shape index (κ3) is 1.78. The minimum Gasteiger partial charge on any atom is -0.357 e. The Bertz CT molecular complexity index is 234. The highest BCUT2D eigenvalue weighted by Crippen LogP contribution is 2.05. The first-order valence-electron chi connectivity index (χ1n) is 3.23. The average Bonchev–Trinajstić information content (AvgIpc) is 2.05. The van der Waals surface area contributed by atoms with Gasteiger partial charge in [-0.15, -0.1) is 0 Å². The molecule has 1 aromatic rings. The third-order valence-corrected chi connectivity index (χ3v) is 1.23. The molecule has 0 aliphatic heterocycles.